The lowest BCUT2D eigenvalue weighted by atomic mass is 10.1. The number of aromatic nitrogens is 3. The molecule has 0 radical (unpaired) electrons. The Labute approximate surface area is 166 Å². The van der Waals surface area contributed by atoms with Crippen LogP contribution in [0.1, 0.15) is 52.7 Å². The van der Waals surface area contributed by atoms with Crippen LogP contribution in [0.2, 0.25) is 0 Å². The summed E-state index contributed by atoms with van der Waals surface area (Å²) in [4.78, 5) is 24.2. The van der Waals surface area contributed by atoms with E-state index in [2.05, 4.69) is 16.2 Å². The van der Waals surface area contributed by atoms with Crippen LogP contribution in [0.25, 0.3) is 9.53 Å². The van der Waals surface area contributed by atoms with E-state index in [1.54, 1.807) is 11.3 Å². The molecule has 0 N–H and O–H groups in total. The van der Waals surface area contributed by atoms with E-state index in [0.717, 1.165) is 57.7 Å². The Balaban J connectivity index is 1.41. The van der Waals surface area contributed by atoms with Gasteiger partial charge in [0.2, 0.25) is 0 Å². The molecular weight excluding hydrogens is 378 g/mol. The lowest BCUT2D eigenvalue weighted by molar-refractivity contribution is 0.0740. The zero-order chi connectivity index (χ0) is 18.5. The van der Waals surface area contributed by atoms with Gasteiger partial charge in [0.15, 0.2) is 5.13 Å². The molecule has 2 saturated heterocycles. The van der Waals surface area contributed by atoms with Crippen molar-refractivity contribution < 1.29 is 4.79 Å². The topological polar surface area (TPSA) is 54.3 Å². The Morgan fingerprint density at radius 2 is 2.00 bits per heavy atom. The van der Waals surface area contributed by atoms with Crippen molar-refractivity contribution in [3.05, 3.63) is 28.4 Å². The summed E-state index contributed by atoms with van der Waals surface area (Å²) in [7, 11) is 1.94. The standard InChI is InChI=1S/C19H23N5OS2/c1-12-13(11-22(2)21-12)14-6-5-9-24(14)18(25)16-10-15-17(26-16)20-19(27-15)23-7-3-4-8-23/h10-11,14H,3-9H2,1-2H3. The zero-order valence-corrected chi connectivity index (χ0v) is 17.3. The van der Waals surface area contributed by atoms with Crippen molar-refractivity contribution in [2.75, 3.05) is 24.5 Å². The van der Waals surface area contributed by atoms with Gasteiger partial charge in [0.25, 0.3) is 5.91 Å². The number of hydrogen-bond acceptors (Lipinski definition) is 6. The maximum absolute atomic E-state index is 13.2. The second-order valence-corrected chi connectivity index (χ2v) is 9.51. The van der Waals surface area contributed by atoms with Gasteiger partial charge in [-0.15, -0.1) is 11.3 Å². The van der Waals surface area contributed by atoms with Crippen molar-refractivity contribution in [2.45, 2.75) is 38.6 Å². The molecule has 5 rings (SSSR count). The highest BCUT2D eigenvalue weighted by atomic mass is 32.1. The Bertz CT molecular complexity index is 966. The average Bonchev–Trinajstić information content (AvgIpc) is 3.42. The number of fused-ring (bicyclic) bond motifs is 1. The maximum atomic E-state index is 13.2. The van der Waals surface area contributed by atoms with Gasteiger partial charge in [-0.1, -0.05) is 11.3 Å². The third-order valence-electron chi connectivity index (χ3n) is 5.59. The summed E-state index contributed by atoms with van der Waals surface area (Å²) in [6, 6.07) is 2.19. The molecule has 1 amide bonds. The van der Waals surface area contributed by atoms with Crippen LogP contribution in [0.5, 0.6) is 0 Å². The van der Waals surface area contributed by atoms with E-state index in [4.69, 9.17) is 4.98 Å². The van der Waals surface area contributed by atoms with Crippen molar-refractivity contribution >= 4 is 43.2 Å². The number of carbonyl (C=O) groups is 1. The molecule has 1 atom stereocenters. The number of carbonyl (C=O) groups excluding carboxylic acids is 1. The normalized spacial score (nSPS) is 20.3. The number of anilines is 1. The van der Waals surface area contributed by atoms with Crippen LogP contribution in [-0.4, -0.2) is 45.2 Å². The first-order chi connectivity index (χ1) is 13.1. The number of thiophene rings is 1. The minimum absolute atomic E-state index is 0.138. The molecule has 0 spiro atoms. The fourth-order valence-corrected chi connectivity index (χ4v) is 6.51. The second-order valence-electron chi connectivity index (χ2n) is 7.47. The van der Waals surface area contributed by atoms with E-state index in [-0.39, 0.29) is 11.9 Å². The van der Waals surface area contributed by atoms with Crippen LogP contribution in [0.4, 0.5) is 5.13 Å². The smallest absolute Gasteiger partial charge is 0.264 e. The zero-order valence-electron chi connectivity index (χ0n) is 15.6. The van der Waals surface area contributed by atoms with Gasteiger partial charge in [-0.2, -0.15) is 5.10 Å². The number of aryl methyl sites for hydroxylation is 2. The molecule has 142 valence electrons. The van der Waals surface area contributed by atoms with E-state index >= 15 is 0 Å². The summed E-state index contributed by atoms with van der Waals surface area (Å²) in [5, 5.41) is 5.57. The predicted octanol–water partition coefficient (Wildman–Crippen LogP) is 3.98. The quantitative estimate of drug-likeness (QED) is 0.666. The third kappa shape index (κ3) is 2.95. The summed E-state index contributed by atoms with van der Waals surface area (Å²) in [5.74, 6) is 0.138. The van der Waals surface area contributed by atoms with Crippen molar-refractivity contribution in [3.63, 3.8) is 0 Å². The fraction of sp³-hybridized carbons (Fsp3) is 0.526. The largest absolute Gasteiger partial charge is 0.348 e. The summed E-state index contributed by atoms with van der Waals surface area (Å²) in [5.41, 5.74) is 2.20. The number of nitrogens with zero attached hydrogens (tertiary/aromatic N) is 5. The van der Waals surface area contributed by atoms with E-state index in [1.807, 2.05) is 29.6 Å². The molecule has 0 bridgehead atoms. The fourth-order valence-electron chi connectivity index (χ4n) is 4.29. The van der Waals surface area contributed by atoms with Crippen LogP contribution in [0, 0.1) is 6.92 Å². The predicted molar refractivity (Wildman–Crippen MR) is 110 cm³/mol. The van der Waals surface area contributed by atoms with E-state index < -0.39 is 0 Å². The van der Waals surface area contributed by atoms with E-state index in [1.165, 1.54) is 29.7 Å². The molecule has 27 heavy (non-hydrogen) atoms. The lowest BCUT2D eigenvalue weighted by Gasteiger charge is -2.24. The molecule has 2 aliphatic rings. The Morgan fingerprint density at radius 1 is 1.19 bits per heavy atom. The van der Waals surface area contributed by atoms with Crippen molar-refractivity contribution in [2.24, 2.45) is 7.05 Å². The highest BCUT2D eigenvalue weighted by Gasteiger charge is 2.33. The monoisotopic (exact) mass is 401 g/mol. The number of hydrogen-bond donors (Lipinski definition) is 0. The molecule has 0 aliphatic carbocycles. The maximum Gasteiger partial charge on any atom is 0.264 e. The molecular formula is C19H23N5OS2. The minimum atomic E-state index is 0.138. The molecule has 1 unspecified atom stereocenters. The summed E-state index contributed by atoms with van der Waals surface area (Å²) in [6.07, 6.45) is 6.61. The number of thiazole rings is 1. The summed E-state index contributed by atoms with van der Waals surface area (Å²) >= 11 is 3.26. The van der Waals surface area contributed by atoms with E-state index in [0.29, 0.717) is 0 Å². The summed E-state index contributed by atoms with van der Waals surface area (Å²) in [6.45, 7) is 5.05. The van der Waals surface area contributed by atoms with Gasteiger partial charge in [0.05, 0.1) is 21.3 Å². The first-order valence-corrected chi connectivity index (χ1v) is 11.2. The number of likely N-dealkylation sites (tertiary alicyclic amines) is 1. The summed E-state index contributed by atoms with van der Waals surface area (Å²) < 4.78 is 2.98. The van der Waals surface area contributed by atoms with Crippen molar-refractivity contribution in [3.8, 4) is 0 Å². The van der Waals surface area contributed by atoms with Crippen LogP contribution >= 0.6 is 22.7 Å². The number of amides is 1. The average molecular weight is 402 g/mol. The first-order valence-electron chi connectivity index (χ1n) is 9.56. The van der Waals surface area contributed by atoms with Crippen LogP contribution in [0.3, 0.4) is 0 Å². The minimum Gasteiger partial charge on any atom is -0.348 e. The van der Waals surface area contributed by atoms with Gasteiger partial charge < -0.3 is 9.80 Å². The molecule has 6 nitrogen and oxygen atoms in total. The Kier molecular flexibility index (Phi) is 4.20. The molecule has 0 saturated carbocycles. The molecule has 0 aromatic carbocycles. The van der Waals surface area contributed by atoms with Gasteiger partial charge in [-0.3, -0.25) is 9.48 Å². The molecule has 8 heteroatoms. The van der Waals surface area contributed by atoms with Crippen molar-refractivity contribution in [1.29, 1.82) is 0 Å². The second kappa shape index (κ2) is 6.60. The van der Waals surface area contributed by atoms with Crippen LogP contribution in [0.15, 0.2) is 12.3 Å². The van der Waals surface area contributed by atoms with E-state index in [9.17, 15) is 4.79 Å². The molecule has 3 aromatic rings. The Hall–Kier alpha value is -1.93. The Morgan fingerprint density at radius 3 is 2.70 bits per heavy atom. The SMILES string of the molecule is Cc1nn(C)cc1C1CCCN1C(=O)c1cc2sc(N3CCCC3)nc2s1. The molecule has 5 heterocycles. The number of rotatable bonds is 3. The van der Waals surface area contributed by atoms with Gasteiger partial charge in [-0.25, -0.2) is 4.98 Å². The van der Waals surface area contributed by atoms with Crippen LogP contribution < -0.4 is 4.90 Å². The first kappa shape index (κ1) is 17.2. The van der Waals surface area contributed by atoms with Gasteiger partial charge in [-0.05, 0) is 38.7 Å². The highest BCUT2D eigenvalue weighted by Crippen LogP contribution is 2.39. The third-order valence-corrected chi connectivity index (χ3v) is 7.80. The van der Waals surface area contributed by atoms with Gasteiger partial charge in [0.1, 0.15) is 4.83 Å². The molecule has 3 aromatic heterocycles. The van der Waals surface area contributed by atoms with Gasteiger partial charge in [0, 0.05) is 38.4 Å². The van der Waals surface area contributed by atoms with Crippen molar-refractivity contribution in [1.82, 2.24) is 19.7 Å². The highest BCUT2D eigenvalue weighted by molar-refractivity contribution is 7.29. The van der Waals surface area contributed by atoms with Crippen LogP contribution in [-0.2, 0) is 7.05 Å². The molecule has 2 aliphatic heterocycles. The lowest BCUT2D eigenvalue weighted by Crippen LogP contribution is -2.30. The van der Waals surface area contributed by atoms with Gasteiger partial charge >= 0.3 is 0 Å². The molecule has 2 fully saturated rings.